The predicted molar refractivity (Wildman–Crippen MR) is 64.8 cm³/mol. The van der Waals surface area contributed by atoms with Crippen LogP contribution < -0.4 is 4.74 Å². The molecule has 1 aromatic rings. The van der Waals surface area contributed by atoms with E-state index in [0.29, 0.717) is 5.75 Å². The Morgan fingerprint density at radius 1 is 1.32 bits per heavy atom. The zero-order valence-electron chi connectivity index (χ0n) is 10.3. The van der Waals surface area contributed by atoms with Gasteiger partial charge in [-0.3, -0.25) is 14.5 Å². The van der Waals surface area contributed by atoms with Gasteiger partial charge in [-0.15, -0.1) is 0 Å². The fraction of sp³-hybridized carbons (Fsp3) is 0.308. The second-order valence-electron chi connectivity index (χ2n) is 4.19. The SMILES string of the molecule is COc1ccc(C(=O)N2C(=O)CC[C@H]2C(=O)O)cc1. The Morgan fingerprint density at radius 2 is 1.95 bits per heavy atom. The lowest BCUT2D eigenvalue weighted by Crippen LogP contribution is -2.42. The molecule has 0 aromatic heterocycles. The van der Waals surface area contributed by atoms with Crippen LogP contribution in [0.15, 0.2) is 24.3 Å². The van der Waals surface area contributed by atoms with Crippen molar-refractivity contribution in [2.75, 3.05) is 7.11 Å². The summed E-state index contributed by atoms with van der Waals surface area (Å²) in [6.07, 6.45) is 0.245. The number of amides is 2. The molecule has 1 aliphatic heterocycles. The molecule has 100 valence electrons. The first kappa shape index (κ1) is 13.1. The quantitative estimate of drug-likeness (QED) is 0.819. The molecular formula is C13H13NO5. The molecule has 0 saturated carbocycles. The summed E-state index contributed by atoms with van der Waals surface area (Å²) < 4.78 is 4.97. The third-order valence-corrected chi connectivity index (χ3v) is 3.05. The van der Waals surface area contributed by atoms with E-state index >= 15 is 0 Å². The molecule has 2 rings (SSSR count). The number of carboxylic acids is 1. The standard InChI is InChI=1S/C13H13NO5/c1-19-9-4-2-8(3-5-9)12(16)14-10(13(17)18)6-7-11(14)15/h2-5,10H,6-7H2,1H3,(H,17,18)/t10-/m0/s1. The molecule has 0 aliphatic carbocycles. The number of hydrogen-bond donors (Lipinski definition) is 1. The van der Waals surface area contributed by atoms with Crippen LogP contribution in [-0.2, 0) is 9.59 Å². The van der Waals surface area contributed by atoms with E-state index in [1.54, 1.807) is 12.1 Å². The zero-order chi connectivity index (χ0) is 14.0. The van der Waals surface area contributed by atoms with Gasteiger partial charge in [0.15, 0.2) is 0 Å². The van der Waals surface area contributed by atoms with Crippen molar-refractivity contribution >= 4 is 17.8 Å². The average molecular weight is 263 g/mol. The van der Waals surface area contributed by atoms with E-state index in [1.807, 2.05) is 0 Å². The predicted octanol–water partition coefficient (Wildman–Crippen LogP) is 0.911. The largest absolute Gasteiger partial charge is 0.497 e. The Kier molecular flexibility index (Phi) is 3.50. The van der Waals surface area contributed by atoms with Crippen molar-refractivity contribution in [3.05, 3.63) is 29.8 Å². The first-order valence-electron chi connectivity index (χ1n) is 5.78. The summed E-state index contributed by atoms with van der Waals surface area (Å²) in [7, 11) is 1.50. The molecule has 0 bridgehead atoms. The van der Waals surface area contributed by atoms with E-state index in [-0.39, 0.29) is 18.4 Å². The van der Waals surface area contributed by atoms with Gasteiger partial charge in [0.25, 0.3) is 5.91 Å². The van der Waals surface area contributed by atoms with Gasteiger partial charge in [-0.2, -0.15) is 0 Å². The molecule has 1 aliphatic rings. The Bertz CT molecular complexity index is 522. The highest BCUT2D eigenvalue weighted by Crippen LogP contribution is 2.22. The summed E-state index contributed by atoms with van der Waals surface area (Å²) in [5.41, 5.74) is 0.266. The number of aliphatic carboxylic acids is 1. The first-order valence-corrected chi connectivity index (χ1v) is 5.78. The summed E-state index contributed by atoms with van der Waals surface area (Å²) >= 11 is 0. The number of ether oxygens (including phenoxy) is 1. The van der Waals surface area contributed by atoms with Crippen molar-refractivity contribution < 1.29 is 24.2 Å². The first-order chi connectivity index (χ1) is 9.04. The molecule has 1 heterocycles. The third kappa shape index (κ3) is 2.42. The number of carbonyl (C=O) groups excluding carboxylic acids is 2. The van der Waals surface area contributed by atoms with Crippen LogP contribution in [-0.4, -0.2) is 40.9 Å². The van der Waals surface area contributed by atoms with Gasteiger partial charge in [0, 0.05) is 12.0 Å². The average Bonchev–Trinajstić information content (AvgIpc) is 2.80. The second kappa shape index (κ2) is 5.09. The molecule has 2 amide bonds. The smallest absolute Gasteiger partial charge is 0.326 e. The second-order valence-corrected chi connectivity index (χ2v) is 4.19. The minimum absolute atomic E-state index is 0.0822. The molecule has 6 nitrogen and oxygen atoms in total. The number of rotatable bonds is 3. The molecule has 6 heteroatoms. The minimum atomic E-state index is -1.16. The van der Waals surface area contributed by atoms with Crippen molar-refractivity contribution in [1.82, 2.24) is 4.90 Å². The molecule has 1 aromatic carbocycles. The van der Waals surface area contributed by atoms with Crippen LogP contribution in [0.1, 0.15) is 23.2 Å². The molecule has 0 radical (unpaired) electrons. The summed E-state index contributed by atoms with van der Waals surface area (Å²) in [4.78, 5) is 35.7. The topological polar surface area (TPSA) is 83.9 Å². The number of carboxylic acid groups (broad SMARTS) is 1. The summed E-state index contributed by atoms with van der Waals surface area (Å²) in [5, 5.41) is 9.01. The summed E-state index contributed by atoms with van der Waals surface area (Å²) in [6.45, 7) is 0. The minimum Gasteiger partial charge on any atom is -0.497 e. The fourth-order valence-corrected chi connectivity index (χ4v) is 2.04. The number of nitrogens with zero attached hydrogens (tertiary/aromatic N) is 1. The molecular weight excluding hydrogens is 250 g/mol. The highest BCUT2D eigenvalue weighted by atomic mass is 16.5. The van der Waals surface area contributed by atoms with E-state index in [0.717, 1.165) is 4.90 Å². The van der Waals surface area contributed by atoms with Crippen LogP contribution in [0.5, 0.6) is 5.75 Å². The maximum absolute atomic E-state index is 12.2. The van der Waals surface area contributed by atoms with Gasteiger partial charge < -0.3 is 9.84 Å². The number of benzene rings is 1. The molecule has 0 spiro atoms. The van der Waals surface area contributed by atoms with Gasteiger partial charge in [0.05, 0.1) is 7.11 Å². The van der Waals surface area contributed by atoms with Crippen LogP contribution in [0, 0.1) is 0 Å². The Morgan fingerprint density at radius 3 is 2.47 bits per heavy atom. The lowest BCUT2D eigenvalue weighted by Gasteiger charge is -2.19. The maximum Gasteiger partial charge on any atom is 0.326 e. The van der Waals surface area contributed by atoms with Crippen LogP contribution in [0.4, 0.5) is 0 Å². The van der Waals surface area contributed by atoms with Crippen LogP contribution in [0.3, 0.4) is 0 Å². The van der Waals surface area contributed by atoms with Gasteiger partial charge in [-0.25, -0.2) is 4.79 Å². The number of likely N-dealkylation sites (tertiary alicyclic amines) is 1. The third-order valence-electron chi connectivity index (χ3n) is 3.05. The highest BCUT2D eigenvalue weighted by molar-refractivity contribution is 6.08. The Labute approximate surface area is 109 Å². The Hall–Kier alpha value is -2.37. The fourth-order valence-electron chi connectivity index (χ4n) is 2.04. The van der Waals surface area contributed by atoms with Gasteiger partial charge in [-0.05, 0) is 30.7 Å². The van der Waals surface area contributed by atoms with E-state index < -0.39 is 23.8 Å². The lowest BCUT2D eigenvalue weighted by atomic mass is 10.1. The van der Waals surface area contributed by atoms with Crippen LogP contribution in [0.2, 0.25) is 0 Å². The molecule has 1 N–H and O–H groups in total. The van der Waals surface area contributed by atoms with Gasteiger partial charge in [0.2, 0.25) is 5.91 Å². The van der Waals surface area contributed by atoms with E-state index in [4.69, 9.17) is 9.84 Å². The molecule has 1 fully saturated rings. The lowest BCUT2D eigenvalue weighted by molar-refractivity contribution is -0.144. The van der Waals surface area contributed by atoms with Gasteiger partial charge >= 0.3 is 5.97 Å². The monoisotopic (exact) mass is 263 g/mol. The van der Waals surface area contributed by atoms with Crippen LogP contribution in [0.25, 0.3) is 0 Å². The molecule has 1 atom stereocenters. The van der Waals surface area contributed by atoms with Crippen LogP contribution >= 0.6 is 0 Å². The van der Waals surface area contributed by atoms with Crippen molar-refractivity contribution in [1.29, 1.82) is 0 Å². The molecule has 19 heavy (non-hydrogen) atoms. The number of hydrogen-bond acceptors (Lipinski definition) is 4. The number of methoxy groups -OCH3 is 1. The summed E-state index contributed by atoms with van der Waals surface area (Å²) in [6, 6.07) is 5.12. The van der Waals surface area contributed by atoms with Crippen molar-refractivity contribution in [3.63, 3.8) is 0 Å². The summed E-state index contributed by atoms with van der Waals surface area (Å²) in [5.74, 6) is -1.61. The van der Waals surface area contributed by atoms with E-state index in [1.165, 1.54) is 19.2 Å². The van der Waals surface area contributed by atoms with Gasteiger partial charge in [-0.1, -0.05) is 0 Å². The number of carbonyl (C=O) groups is 3. The maximum atomic E-state index is 12.2. The van der Waals surface area contributed by atoms with Crippen molar-refractivity contribution in [2.24, 2.45) is 0 Å². The highest BCUT2D eigenvalue weighted by Gasteiger charge is 2.40. The molecule has 0 unspecified atom stereocenters. The zero-order valence-corrected chi connectivity index (χ0v) is 10.3. The molecule has 1 saturated heterocycles. The van der Waals surface area contributed by atoms with E-state index in [2.05, 4.69) is 0 Å². The normalized spacial score (nSPS) is 18.5. The van der Waals surface area contributed by atoms with Gasteiger partial charge in [0.1, 0.15) is 11.8 Å². The Balaban J connectivity index is 2.26. The van der Waals surface area contributed by atoms with E-state index in [9.17, 15) is 14.4 Å². The number of imide groups is 1. The van der Waals surface area contributed by atoms with Crippen molar-refractivity contribution in [2.45, 2.75) is 18.9 Å². The van der Waals surface area contributed by atoms with Crippen molar-refractivity contribution in [3.8, 4) is 5.75 Å².